The molecular formula is C20H26ClNO2. The summed E-state index contributed by atoms with van der Waals surface area (Å²) in [5.41, 5.74) is 6.63. The Hall–Kier alpha value is -1.58. The lowest BCUT2D eigenvalue weighted by atomic mass is 9.85. The van der Waals surface area contributed by atoms with Crippen molar-refractivity contribution >= 4 is 29.1 Å². The molecule has 1 amide bonds. The number of carbonyl (C=O) groups excluding carboxylic acids is 1. The van der Waals surface area contributed by atoms with Crippen LogP contribution in [-0.2, 0) is 16.0 Å². The number of hydrogen-bond donors (Lipinski definition) is 1. The van der Waals surface area contributed by atoms with Gasteiger partial charge in [0.2, 0.25) is 5.91 Å². The Morgan fingerprint density at radius 2 is 1.75 bits per heavy atom. The van der Waals surface area contributed by atoms with Crippen LogP contribution < -0.4 is 5.73 Å². The Balaban J connectivity index is 0.00000208. The third-order valence-electron chi connectivity index (χ3n) is 4.89. The smallest absolute Gasteiger partial charge is 0.217 e. The summed E-state index contributed by atoms with van der Waals surface area (Å²) < 4.78 is 6.07. The lowest BCUT2D eigenvalue weighted by Gasteiger charge is -2.28. The van der Waals surface area contributed by atoms with Crippen molar-refractivity contribution in [1.82, 2.24) is 0 Å². The largest absolute Gasteiger partial charge is 0.378 e. The van der Waals surface area contributed by atoms with E-state index in [1.54, 1.807) is 0 Å². The molecule has 2 aromatic rings. The van der Waals surface area contributed by atoms with Gasteiger partial charge in [-0.25, -0.2) is 0 Å². The van der Waals surface area contributed by atoms with Crippen LogP contribution in [0.3, 0.4) is 0 Å². The fourth-order valence-corrected chi connectivity index (χ4v) is 3.63. The van der Waals surface area contributed by atoms with Crippen molar-refractivity contribution in [3.63, 3.8) is 0 Å². The zero-order valence-corrected chi connectivity index (χ0v) is 14.8. The van der Waals surface area contributed by atoms with Crippen LogP contribution in [0.25, 0.3) is 10.8 Å². The molecule has 0 radical (unpaired) electrons. The van der Waals surface area contributed by atoms with Crippen molar-refractivity contribution in [3.05, 3.63) is 48.0 Å². The molecule has 2 aromatic carbocycles. The SMILES string of the molecule is Cl.NC(=O)CC1CCC(OCCc2cccc3ccccc23)CC1. The maximum Gasteiger partial charge on any atom is 0.217 e. The van der Waals surface area contributed by atoms with Gasteiger partial charge in [-0.15, -0.1) is 12.4 Å². The summed E-state index contributed by atoms with van der Waals surface area (Å²) in [7, 11) is 0. The first-order chi connectivity index (χ1) is 11.2. The summed E-state index contributed by atoms with van der Waals surface area (Å²) in [4.78, 5) is 11.0. The van der Waals surface area contributed by atoms with Gasteiger partial charge in [-0.3, -0.25) is 4.79 Å². The van der Waals surface area contributed by atoms with Crippen molar-refractivity contribution < 1.29 is 9.53 Å². The number of ether oxygens (including phenoxy) is 1. The number of nitrogens with two attached hydrogens (primary N) is 1. The van der Waals surface area contributed by atoms with Gasteiger partial charge in [0.15, 0.2) is 0 Å². The molecule has 1 saturated carbocycles. The zero-order valence-electron chi connectivity index (χ0n) is 13.9. The van der Waals surface area contributed by atoms with Crippen LogP contribution in [-0.4, -0.2) is 18.6 Å². The van der Waals surface area contributed by atoms with Crippen LogP contribution in [0.4, 0.5) is 0 Å². The van der Waals surface area contributed by atoms with Crippen LogP contribution in [0.2, 0.25) is 0 Å². The third kappa shape index (κ3) is 4.96. The van der Waals surface area contributed by atoms with E-state index in [1.807, 2.05) is 0 Å². The average Bonchev–Trinajstić information content (AvgIpc) is 2.56. The highest BCUT2D eigenvalue weighted by molar-refractivity contribution is 5.86. The van der Waals surface area contributed by atoms with E-state index in [9.17, 15) is 4.79 Å². The van der Waals surface area contributed by atoms with E-state index in [4.69, 9.17) is 10.5 Å². The van der Waals surface area contributed by atoms with E-state index >= 15 is 0 Å². The summed E-state index contributed by atoms with van der Waals surface area (Å²) in [5, 5.41) is 2.61. The van der Waals surface area contributed by atoms with E-state index in [-0.39, 0.29) is 18.3 Å². The van der Waals surface area contributed by atoms with E-state index in [0.717, 1.165) is 38.7 Å². The Kier molecular flexibility index (Phi) is 7.07. The van der Waals surface area contributed by atoms with Gasteiger partial charge in [-0.05, 0) is 54.4 Å². The molecule has 0 bridgehead atoms. The number of carbonyl (C=O) groups is 1. The fraction of sp³-hybridized carbons (Fsp3) is 0.450. The molecular weight excluding hydrogens is 322 g/mol. The number of amides is 1. The van der Waals surface area contributed by atoms with Gasteiger partial charge in [0.1, 0.15) is 0 Å². The Labute approximate surface area is 150 Å². The summed E-state index contributed by atoms with van der Waals surface area (Å²) in [6, 6.07) is 15.0. The number of rotatable bonds is 6. The van der Waals surface area contributed by atoms with E-state index < -0.39 is 0 Å². The predicted octanol–water partition coefficient (Wildman–Crippen LogP) is 4.25. The number of primary amides is 1. The van der Waals surface area contributed by atoms with Gasteiger partial charge in [0.25, 0.3) is 0 Å². The summed E-state index contributed by atoms with van der Waals surface area (Å²) in [5.74, 6) is 0.288. The topological polar surface area (TPSA) is 52.3 Å². The van der Waals surface area contributed by atoms with Gasteiger partial charge in [-0.2, -0.15) is 0 Å². The van der Waals surface area contributed by atoms with Crippen LogP contribution >= 0.6 is 12.4 Å². The summed E-state index contributed by atoms with van der Waals surface area (Å²) >= 11 is 0. The molecule has 0 aliphatic heterocycles. The zero-order chi connectivity index (χ0) is 16.1. The third-order valence-corrected chi connectivity index (χ3v) is 4.89. The second kappa shape index (κ2) is 9.05. The second-order valence-corrected chi connectivity index (χ2v) is 6.57. The highest BCUT2D eigenvalue weighted by Crippen LogP contribution is 2.28. The van der Waals surface area contributed by atoms with Gasteiger partial charge >= 0.3 is 0 Å². The first-order valence-corrected chi connectivity index (χ1v) is 8.59. The van der Waals surface area contributed by atoms with Crippen molar-refractivity contribution in [1.29, 1.82) is 0 Å². The number of hydrogen-bond acceptors (Lipinski definition) is 2. The molecule has 0 spiro atoms. The molecule has 0 aromatic heterocycles. The molecule has 1 aliphatic rings. The molecule has 3 nitrogen and oxygen atoms in total. The molecule has 0 heterocycles. The minimum Gasteiger partial charge on any atom is -0.378 e. The number of benzene rings is 2. The first-order valence-electron chi connectivity index (χ1n) is 8.59. The Morgan fingerprint density at radius 3 is 2.50 bits per heavy atom. The van der Waals surface area contributed by atoms with Crippen LogP contribution in [0, 0.1) is 5.92 Å². The van der Waals surface area contributed by atoms with Crippen molar-refractivity contribution in [3.8, 4) is 0 Å². The normalized spacial score (nSPS) is 20.5. The van der Waals surface area contributed by atoms with Crippen molar-refractivity contribution in [2.75, 3.05) is 6.61 Å². The molecule has 0 unspecified atom stereocenters. The van der Waals surface area contributed by atoms with Crippen molar-refractivity contribution in [2.45, 2.75) is 44.6 Å². The molecule has 24 heavy (non-hydrogen) atoms. The van der Waals surface area contributed by atoms with Crippen LogP contribution in [0.15, 0.2) is 42.5 Å². The van der Waals surface area contributed by atoms with Crippen LogP contribution in [0.5, 0.6) is 0 Å². The minimum absolute atomic E-state index is 0. The quantitative estimate of drug-likeness (QED) is 0.849. The predicted molar refractivity (Wildman–Crippen MR) is 100 cm³/mol. The summed E-state index contributed by atoms with van der Waals surface area (Å²) in [6.45, 7) is 0.763. The maximum absolute atomic E-state index is 11.0. The van der Waals surface area contributed by atoms with Gasteiger partial charge in [0.05, 0.1) is 12.7 Å². The molecule has 1 fully saturated rings. The van der Waals surface area contributed by atoms with Crippen molar-refractivity contribution in [2.24, 2.45) is 11.7 Å². The van der Waals surface area contributed by atoms with E-state index in [2.05, 4.69) is 42.5 Å². The minimum atomic E-state index is -0.176. The molecule has 0 atom stereocenters. The fourth-order valence-electron chi connectivity index (χ4n) is 3.63. The molecule has 2 N–H and O–H groups in total. The molecule has 3 rings (SSSR count). The highest BCUT2D eigenvalue weighted by atomic mass is 35.5. The average molecular weight is 348 g/mol. The lowest BCUT2D eigenvalue weighted by Crippen LogP contribution is -2.25. The molecule has 0 saturated heterocycles. The monoisotopic (exact) mass is 347 g/mol. The number of fused-ring (bicyclic) bond motifs is 1. The maximum atomic E-state index is 11.0. The number of halogens is 1. The highest BCUT2D eigenvalue weighted by Gasteiger charge is 2.22. The Morgan fingerprint density at radius 1 is 1.04 bits per heavy atom. The van der Waals surface area contributed by atoms with Gasteiger partial charge in [0, 0.05) is 6.42 Å². The lowest BCUT2D eigenvalue weighted by molar-refractivity contribution is -0.119. The second-order valence-electron chi connectivity index (χ2n) is 6.57. The van der Waals surface area contributed by atoms with E-state index in [0.29, 0.717) is 18.4 Å². The van der Waals surface area contributed by atoms with Gasteiger partial charge < -0.3 is 10.5 Å². The molecule has 1 aliphatic carbocycles. The van der Waals surface area contributed by atoms with Gasteiger partial charge in [-0.1, -0.05) is 42.5 Å². The standard InChI is InChI=1S/C20H25NO2.ClH/c21-20(22)14-15-8-10-18(11-9-15)23-13-12-17-6-3-5-16-4-1-2-7-19(16)17;/h1-7,15,18H,8-14H2,(H2,21,22);1H. The Bertz CT molecular complexity index is 660. The molecule has 130 valence electrons. The van der Waals surface area contributed by atoms with Crippen LogP contribution in [0.1, 0.15) is 37.7 Å². The molecule has 4 heteroatoms. The summed E-state index contributed by atoms with van der Waals surface area (Å²) in [6.07, 6.45) is 6.03. The first kappa shape index (κ1) is 18.8. The van der Waals surface area contributed by atoms with E-state index in [1.165, 1.54) is 16.3 Å².